The van der Waals surface area contributed by atoms with E-state index in [4.69, 9.17) is 9.72 Å². The number of hydrogen-bond acceptors (Lipinski definition) is 5. The third-order valence-corrected chi connectivity index (χ3v) is 6.84. The molecule has 8 nitrogen and oxygen atoms in total. The molecule has 0 bridgehead atoms. The van der Waals surface area contributed by atoms with Crippen LogP contribution in [0.3, 0.4) is 0 Å². The number of anilines is 1. The van der Waals surface area contributed by atoms with Gasteiger partial charge in [0.2, 0.25) is 0 Å². The van der Waals surface area contributed by atoms with Gasteiger partial charge in [0.25, 0.3) is 5.56 Å². The van der Waals surface area contributed by atoms with E-state index in [0.717, 1.165) is 29.7 Å². The summed E-state index contributed by atoms with van der Waals surface area (Å²) in [6.07, 6.45) is 4.03. The number of aromatic amines is 1. The second kappa shape index (κ2) is 7.79. The molecule has 172 valence electrons. The van der Waals surface area contributed by atoms with Gasteiger partial charge in [-0.2, -0.15) is 9.78 Å². The highest BCUT2D eigenvalue weighted by Gasteiger charge is 2.48. The second-order valence-electron chi connectivity index (χ2n) is 8.96. The number of nitrogens with one attached hydrogen (secondary N) is 1. The third kappa shape index (κ3) is 3.44. The Labute approximate surface area is 194 Å². The Balaban J connectivity index is 1.20. The Kier molecular flexibility index (Phi) is 4.72. The number of carbonyl (C=O) groups excluding carboxylic acids is 1. The Morgan fingerprint density at radius 1 is 1.06 bits per heavy atom. The molecule has 4 aromatic rings. The van der Waals surface area contributed by atoms with Crippen molar-refractivity contribution in [1.82, 2.24) is 19.7 Å². The summed E-state index contributed by atoms with van der Waals surface area (Å²) in [5.41, 5.74) is 1.78. The molecule has 3 heterocycles. The van der Waals surface area contributed by atoms with Crippen LogP contribution >= 0.6 is 0 Å². The van der Waals surface area contributed by atoms with E-state index < -0.39 is 17.5 Å². The first-order valence-electron chi connectivity index (χ1n) is 11.3. The van der Waals surface area contributed by atoms with Crippen molar-refractivity contribution >= 4 is 22.8 Å². The van der Waals surface area contributed by atoms with Crippen LogP contribution in [0.1, 0.15) is 37.4 Å². The van der Waals surface area contributed by atoms with Crippen molar-refractivity contribution in [1.29, 1.82) is 0 Å². The normalized spacial score (nSPS) is 22.4. The van der Waals surface area contributed by atoms with E-state index in [0.29, 0.717) is 25.1 Å². The summed E-state index contributed by atoms with van der Waals surface area (Å²) >= 11 is 0. The molecule has 1 N–H and O–H groups in total. The number of fused-ring (bicyclic) bond motifs is 1. The molecule has 0 atom stereocenters. The predicted molar refractivity (Wildman–Crippen MR) is 124 cm³/mol. The highest BCUT2D eigenvalue weighted by molar-refractivity contribution is 5.90. The van der Waals surface area contributed by atoms with E-state index >= 15 is 0 Å². The summed E-state index contributed by atoms with van der Waals surface area (Å²) in [7, 11) is 0. The first kappa shape index (κ1) is 20.6. The molecule has 34 heavy (non-hydrogen) atoms. The van der Waals surface area contributed by atoms with Crippen LogP contribution in [0.2, 0.25) is 0 Å². The van der Waals surface area contributed by atoms with Crippen LogP contribution in [0.25, 0.3) is 16.7 Å². The number of halogens is 1. The summed E-state index contributed by atoms with van der Waals surface area (Å²) < 4.78 is 21.4. The lowest BCUT2D eigenvalue weighted by Crippen LogP contribution is -2.38. The minimum atomic E-state index is -0.602. The Morgan fingerprint density at radius 3 is 2.68 bits per heavy atom. The van der Waals surface area contributed by atoms with Crippen LogP contribution < -0.4 is 10.5 Å². The first-order valence-corrected chi connectivity index (χ1v) is 11.3. The van der Waals surface area contributed by atoms with Crippen LogP contribution in [-0.2, 0) is 4.74 Å². The van der Waals surface area contributed by atoms with Crippen molar-refractivity contribution in [3.63, 3.8) is 0 Å². The number of benzene rings is 2. The molecule has 2 aromatic carbocycles. The number of H-pyrrole nitrogens is 1. The summed E-state index contributed by atoms with van der Waals surface area (Å²) in [6, 6.07) is 14.9. The second-order valence-corrected chi connectivity index (χ2v) is 8.96. The standard InChI is InChI=1S/C25H22FN5O3/c26-18-4-1-2-5-21(18)30-15-25(34-24(30)33)11-9-16(10-12-25)23-28-19-8-7-17(14-20(19)29-23)31-22(32)6-3-13-27-31/h1-8,13-14,16H,9-12,15H2,(H,28,29)/t16-,25-. The van der Waals surface area contributed by atoms with Crippen molar-refractivity contribution in [2.24, 2.45) is 0 Å². The van der Waals surface area contributed by atoms with E-state index in [1.807, 2.05) is 18.2 Å². The molecule has 1 spiro atoms. The minimum Gasteiger partial charge on any atom is -0.441 e. The molecule has 9 heteroatoms. The number of carbonyl (C=O) groups is 1. The van der Waals surface area contributed by atoms with Gasteiger partial charge in [-0.3, -0.25) is 9.69 Å². The van der Waals surface area contributed by atoms with Crippen LogP contribution in [0, 0.1) is 5.82 Å². The first-order chi connectivity index (χ1) is 16.5. The van der Waals surface area contributed by atoms with E-state index in [2.05, 4.69) is 10.1 Å². The molecule has 2 fully saturated rings. The molecule has 1 aliphatic heterocycles. The van der Waals surface area contributed by atoms with Crippen molar-refractivity contribution in [3.8, 4) is 5.69 Å². The molecular formula is C25H22FN5O3. The molecule has 1 amide bonds. The number of imidazole rings is 1. The zero-order chi connectivity index (χ0) is 23.3. The lowest BCUT2D eigenvalue weighted by molar-refractivity contribution is 0.0208. The molecular weight excluding hydrogens is 437 g/mol. The molecule has 1 saturated carbocycles. The average molecular weight is 459 g/mol. The highest BCUT2D eigenvalue weighted by atomic mass is 19.1. The molecule has 2 aromatic heterocycles. The Bertz CT molecular complexity index is 1450. The quantitative estimate of drug-likeness (QED) is 0.493. The van der Waals surface area contributed by atoms with Crippen LogP contribution in [0.4, 0.5) is 14.9 Å². The van der Waals surface area contributed by atoms with Crippen LogP contribution in [0.5, 0.6) is 0 Å². The van der Waals surface area contributed by atoms with Gasteiger partial charge in [-0.15, -0.1) is 0 Å². The van der Waals surface area contributed by atoms with E-state index in [9.17, 15) is 14.0 Å². The molecule has 2 aliphatic rings. The number of amides is 1. The van der Waals surface area contributed by atoms with Crippen molar-refractivity contribution in [2.45, 2.75) is 37.2 Å². The van der Waals surface area contributed by atoms with E-state index in [-0.39, 0.29) is 17.2 Å². The fourth-order valence-electron chi connectivity index (χ4n) is 5.05. The maximum atomic E-state index is 14.2. The van der Waals surface area contributed by atoms with Gasteiger partial charge in [-0.25, -0.2) is 14.2 Å². The number of para-hydroxylation sites is 1. The Morgan fingerprint density at radius 2 is 1.88 bits per heavy atom. The lowest BCUT2D eigenvalue weighted by Gasteiger charge is -2.34. The van der Waals surface area contributed by atoms with Crippen molar-refractivity contribution < 1.29 is 13.9 Å². The Hall–Kier alpha value is -4.01. The molecule has 0 unspecified atom stereocenters. The van der Waals surface area contributed by atoms with Gasteiger partial charge in [-0.1, -0.05) is 12.1 Å². The van der Waals surface area contributed by atoms with Gasteiger partial charge in [0.15, 0.2) is 0 Å². The largest absolute Gasteiger partial charge is 0.441 e. The maximum Gasteiger partial charge on any atom is 0.415 e. The SMILES string of the molecule is O=C1O[C@]2(CC[C@H](c3nc4ccc(-n5ncccc5=O)cc4[nH]3)CC2)CN1c1ccccc1F. The van der Waals surface area contributed by atoms with Gasteiger partial charge in [0.05, 0.1) is 29.0 Å². The molecule has 1 saturated heterocycles. The summed E-state index contributed by atoms with van der Waals surface area (Å²) in [5.74, 6) is 0.644. The highest BCUT2D eigenvalue weighted by Crippen LogP contribution is 2.44. The average Bonchev–Trinajstić information content (AvgIpc) is 3.40. The smallest absolute Gasteiger partial charge is 0.415 e. The monoisotopic (exact) mass is 459 g/mol. The van der Waals surface area contributed by atoms with Crippen LogP contribution in [0.15, 0.2) is 65.6 Å². The van der Waals surface area contributed by atoms with Crippen LogP contribution in [-0.4, -0.2) is 38.0 Å². The third-order valence-electron chi connectivity index (χ3n) is 6.84. The molecule has 6 rings (SSSR count). The fraction of sp³-hybridized carbons (Fsp3) is 0.280. The van der Waals surface area contributed by atoms with Gasteiger partial charge in [-0.05, 0) is 62.1 Å². The maximum absolute atomic E-state index is 14.2. The number of rotatable bonds is 3. The number of hydrogen-bond donors (Lipinski definition) is 1. The minimum absolute atomic E-state index is 0.195. The fourth-order valence-corrected chi connectivity index (χ4v) is 5.05. The van der Waals surface area contributed by atoms with E-state index in [1.54, 1.807) is 30.5 Å². The number of ether oxygens (including phenoxy) is 1. The zero-order valence-corrected chi connectivity index (χ0v) is 18.3. The number of aromatic nitrogens is 4. The predicted octanol–water partition coefficient (Wildman–Crippen LogP) is 4.30. The topological polar surface area (TPSA) is 93.1 Å². The molecule has 1 aliphatic carbocycles. The summed E-state index contributed by atoms with van der Waals surface area (Å²) in [4.78, 5) is 34.2. The molecule has 0 radical (unpaired) electrons. The zero-order valence-electron chi connectivity index (χ0n) is 18.3. The lowest BCUT2D eigenvalue weighted by atomic mass is 9.78. The van der Waals surface area contributed by atoms with Gasteiger partial charge >= 0.3 is 6.09 Å². The van der Waals surface area contributed by atoms with Gasteiger partial charge in [0.1, 0.15) is 17.2 Å². The summed E-state index contributed by atoms with van der Waals surface area (Å²) in [6.45, 7) is 0.349. The van der Waals surface area contributed by atoms with Crippen molar-refractivity contribution in [2.75, 3.05) is 11.4 Å². The summed E-state index contributed by atoms with van der Waals surface area (Å²) in [5, 5.41) is 4.13. The van der Waals surface area contributed by atoms with Gasteiger partial charge < -0.3 is 9.72 Å². The van der Waals surface area contributed by atoms with E-state index in [1.165, 1.54) is 21.7 Å². The van der Waals surface area contributed by atoms with Crippen molar-refractivity contribution in [3.05, 3.63) is 82.8 Å². The number of nitrogens with zero attached hydrogens (tertiary/aromatic N) is 4. The van der Waals surface area contributed by atoms with Gasteiger partial charge in [0, 0.05) is 18.2 Å².